The number of sulfonamides is 1. The number of carboxylic acid groups (broad SMARTS) is 1. The van der Waals surface area contributed by atoms with Gasteiger partial charge in [-0.3, -0.25) is 4.79 Å². The second kappa shape index (κ2) is 8.33. The van der Waals surface area contributed by atoms with Gasteiger partial charge in [0.05, 0.1) is 6.26 Å². The number of rotatable bonds is 9. The molecule has 124 valence electrons. The van der Waals surface area contributed by atoms with Gasteiger partial charge < -0.3 is 10.4 Å². The number of hydrogen-bond donors (Lipinski definition) is 3. The zero-order valence-electron chi connectivity index (χ0n) is 13.2. The van der Waals surface area contributed by atoms with E-state index in [9.17, 15) is 18.0 Å². The molecule has 0 saturated heterocycles. The Morgan fingerprint density at radius 1 is 1.19 bits per heavy atom. The normalized spacial score (nSPS) is 16.3. The standard InChI is InChI=1S/C13H26N2O5S/c1-6-9(4)11(13(17)18)14-12(16)10(7-8(2)3)15-21(5,19)20/h8-11,15H,6-7H2,1-5H3,(H,14,16)(H,17,18)/t9-,10?,11-/m0/s1. The third kappa shape index (κ3) is 8.01. The van der Waals surface area contributed by atoms with Gasteiger partial charge in [-0.1, -0.05) is 34.1 Å². The molecule has 0 aliphatic carbocycles. The van der Waals surface area contributed by atoms with Gasteiger partial charge in [-0.15, -0.1) is 0 Å². The molecule has 1 amide bonds. The van der Waals surface area contributed by atoms with Gasteiger partial charge in [0.1, 0.15) is 12.1 Å². The van der Waals surface area contributed by atoms with E-state index < -0.39 is 34.0 Å². The van der Waals surface area contributed by atoms with Gasteiger partial charge in [0.25, 0.3) is 0 Å². The maximum absolute atomic E-state index is 12.2. The predicted molar refractivity (Wildman–Crippen MR) is 80.2 cm³/mol. The number of carboxylic acids is 1. The van der Waals surface area contributed by atoms with Crippen molar-refractivity contribution >= 4 is 21.9 Å². The van der Waals surface area contributed by atoms with Crippen LogP contribution in [0, 0.1) is 11.8 Å². The van der Waals surface area contributed by atoms with Gasteiger partial charge in [0, 0.05) is 0 Å². The molecule has 1 unspecified atom stereocenters. The van der Waals surface area contributed by atoms with Crippen molar-refractivity contribution in [1.82, 2.24) is 10.0 Å². The Morgan fingerprint density at radius 2 is 1.71 bits per heavy atom. The minimum Gasteiger partial charge on any atom is -0.480 e. The van der Waals surface area contributed by atoms with E-state index in [0.29, 0.717) is 12.8 Å². The minimum atomic E-state index is -3.55. The lowest BCUT2D eigenvalue weighted by molar-refractivity contribution is -0.143. The average Bonchev–Trinajstić information content (AvgIpc) is 2.31. The van der Waals surface area contributed by atoms with Crippen LogP contribution in [0.1, 0.15) is 40.5 Å². The van der Waals surface area contributed by atoms with E-state index in [2.05, 4.69) is 10.0 Å². The monoisotopic (exact) mass is 322 g/mol. The molecule has 0 aliphatic rings. The van der Waals surface area contributed by atoms with E-state index in [1.54, 1.807) is 6.92 Å². The van der Waals surface area contributed by atoms with Crippen LogP contribution in [0.25, 0.3) is 0 Å². The summed E-state index contributed by atoms with van der Waals surface area (Å²) >= 11 is 0. The smallest absolute Gasteiger partial charge is 0.326 e. The maximum Gasteiger partial charge on any atom is 0.326 e. The highest BCUT2D eigenvalue weighted by Gasteiger charge is 2.30. The van der Waals surface area contributed by atoms with E-state index in [4.69, 9.17) is 5.11 Å². The molecule has 8 heteroatoms. The zero-order chi connectivity index (χ0) is 16.8. The third-order valence-corrected chi connectivity index (χ3v) is 3.87. The molecule has 21 heavy (non-hydrogen) atoms. The first-order valence-corrected chi connectivity index (χ1v) is 8.87. The predicted octanol–water partition coefficient (Wildman–Crippen LogP) is 0.566. The summed E-state index contributed by atoms with van der Waals surface area (Å²) in [4.78, 5) is 23.4. The fraction of sp³-hybridized carbons (Fsp3) is 0.846. The van der Waals surface area contributed by atoms with Crippen LogP contribution >= 0.6 is 0 Å². The molecule has 0 aliphatic heterocycles. The van der Waals surface area contributed by atoms with E-state index in [0.717, 1.165) is 6.26 Å². The maximum atomic E-state index is 12.2. The van der Waals surface area contributed by atoms with Crippen molar-refractivity contribution in [3.05, 3.63) is 0 Å². The van der Waals surface area contributed by atoms with Gasteiger partial charge in [0.2, 0.25) is 15.9 Å². The van der Waals surface area contributed by atoms with Crippen molar-refractivity contribution in [2.75, 3.05) is 6.26 Å². The number of nitrogens with one attached hydrogen (secondary N) is 2. The molecule has 3 atom stereocenters. The van der Waals surface area contributed by atoms with Crippen molar-refractivity contribution < 1.29 is 23.1 Å². The van der Waals surface area contributed by atoms with Crippen LogP contribution in [0.5, 0.6) is 0 Å². The second-order valence-electron chi connectivity index (χ2n) is 5.78. The van der Waals surface area contributed by atoms with Crippen LogP contribution < -0.4 is 10.0 Å². The lowest BCUT2D eigenvalue weighted by atomic mass is 9.98. The van der Waals surface area contributed by atoms with E-state index in [-0.39, 0.29) is 11.8 Å². The summed E-state index contributed by atoms with van der Waals surface area (Å²) in [5.74, 6) is -1.89. The van der Waals surface area contributed by atoms with Crippen molar-refractivity contribution in [1.29, 1.82) is 0 Å². The number of amides is 1. The third-order valence-electron chi connectivity index (χ3n) is 3.16. The zero-order valence-corrected chi connectivity index (χ0v) is 14.0. The SMILES string of the molecule is CC[C@H](C)[C@H](NC(=O)C(CC(C)C)NS(C)(=O)=O)C(=O)O. The van der Waals surface area contributed by atoms with Crippen LogP contribution in [0.3, 0.4) is 0 Å². The number of carbonyl (C=O) groups is 2. The fourth-order valence-corrected chi connectivity index (χ4v) is 2.60. The summed E-state index contributed by atoms with van der Waals surface area (Å²) in [6.45, 7) is 7.26. The molecule has 0 heterocycles. The molecular formula is C13H26N2O5S. The number of hydrogen-bond acceptors (Lipinski definition) is 4. The van der Waals surface area contributed by atoms with Crippen LogP contribution in [-0.4, -0.2) is 43.7 Å². The Hall–Kier alpha value is -1.15. The van der Waals surface area contributed by atoms with Crippen LogP contribution in [0.15, 0.2) is 0 Å². The Kier molecular flexibility index (Phi) is 7.87. The highest BCUT2D eigenvalue weighted by atomic mass is 32.2. The first kappa shape index (κ1) is 19.9. The molecule has 0 aromatic carbocycles. The molecule has 0 bridgehead atoms. The van der Waals surface area contributed by atoms with Crippen molar-refractivity contribution in [3.8, 4) is 0 Å². The first-order chi connectivity index (χ1) is 9.47. The number of aliphatic carboxylic acids is 1. The van der Waals surface area contributed by atoms with Crippen LogP contribution in [-0.2, 0) is 19.6 Å². The van der Waals surface area contributed by atoms with Gasteiger partial charge in [0.15, 0.2) is 0 Å². The molecule has 7 nitrogen and oxygen atoms in total. The van der Waals surface area contributed by atoms with Crippen LogP contribution in [0.4, 0.5) is 0 Å². The van der Waals surface area contributed by atoms with Gasteiger partial charge in [-0.2, -0.15) is 0 Å². The van der Waals surface area contributed by atoms with Crippen molar-refractivity contribution in [3.63, 3.8) is 0 Å². The Morgan fingerprint density at radius 3 is 2.05 bits per heavy atom. The van der Waals surface area contributed by atoms with Gasteiger partial charge >= 0.3 is 5.97 Å². The van der Waals surface area contributed by atoms with E-state index in [1.165, 1.54) is 0 Å². The second-order valence-corrected chi connectivity index (χ2v) is 7.56. The van der Waals surface area contributed by atoms with Gasteiger partial charge in [-0.25, -0.2) is 17.9 Å². The molecular weight excluding hydrogens is 296 g/mol. The van der Waals surface area contributed by atoms with E-state index in [1.807, 2.05) is 20.8 Å². The molecule has 0 aromatic heterocycles. The largest absolute Gasteiger partial charge is 0.480 e. The molecule has 0 rings (SSSR count). The molecule has 0 radical (unpaired) electrons. The Bertz CT molecular complexity index is 461. The first-order valence-electron chi connectivity index (χ1n) is 6.98. The van der Waals surface area contributed by atoms with Gasteiger partial charge in [-0.05, 0) is 18.3 Å². The lowest BCUT2D eigenvalue weighted by Gasteiger charge is -2.24. The Balaban J connectivity index is 5.05. The van der Waals surface area contributed by atoms with Crippen molar-refractivity contribution in [2.45, 2.75) is 52.6 Å². The number of carbonyl (C=O) groups excluding carboxylic acids is 1. The average molecular weight is 322 g/mol. The van der Waals surface area contributed by atoms with Crippen molar-refractivity contribution in [2.24, 2.45) is 11.8 Å². The minimum absolute atomic E-state index is 0.0851. The molecule has 0 aromatic rings. The molecule has 0 fully saturated rings. The fourth-order valence-electron chi connectivity index (χ4n) is 1.88. The summed E-state index contributed by atoms with van der Waals surface area (Å²) in [7, 11) is -3.55. The topological polar surface area (TPSA) is 113 Å². The molecule has 0 spiro atoms. The quantitative estimate of drug-likeness (QED) is 0.574. The van der Waals surface area contributed by atoms with Crippen LogP contribution in [0.2, 0.25) is 0 Å². The summed E-state index contributed by atoms with van der Waals surface area (Å²) < 4.78 is 24.9. The Labute approximate surface area is 126 Å². The summed E-state index contributed by atoms with van der Waals surface area (Å²) in [6, 6.07) is -2.00. The summed E-state index contributed by atoms with van der Waals surface area (Å²) in [6.07, 6.45) is 1.86. The highest BCUT2D eigenvalue weighted by molar-refractivity contribution is 7.88. The summed E-state index contributed by atoms with van der Waals surface area (Å²) in [5, 5.41) is 11.6. The van der Waals surface area contributed by atoms with E-state index >= 15 is 0 Å². The lowest BCUT2D eigenvalue weighted by Crippen LogP contribution is -2.53. The highest BCUT2D eigenvalue weighted by Crippen LogP contribution is 2.11. The summed E-state index contributed by atoms with van der Waals surface area (Å²) in [5.41, 5.74) is 0. The molecule has 0 saturated carbocycles. The molecule has 3 N–H and O–H groups in total.